The Balaban J connectivity index is 2.13. The molecule has 1 spiro atoms. The van der Waals surface area contributed by atoms with Gasteiger partial charge in [-0.2, -0.15) is 0 Å². The molecule has 2 rings (SSSR count). The second kappa shape index (κ2) is 4.01. The highest BCUT2D eigenvalue weighted by Gasteiger charge is 2.41. The highest BCUT2D eigenvalue weighted by atomic mass is 16.3. The lowest BCUT2D eigenvalue weighted by Crippen LogP contribution is -2.39. The Hall–Kier alpha value is -0.370. The summed E-state index contributed by atoms with van der Waals surface area (Å²) in [4.78, 5) is 11.6. The van der Waals surface area contributed by atoms with Crippen LogP contribution >= 0.6 is 0 Å². The molecule has 2 nitrogen and oxygen atoms in total. The lowest BCUT2D eigenvalue weighted by atomic mass is 9.67. The first-order chi connectivity index (χ1) is 6.73. The van der Waals surface area contributed by atoms with Crippen LogP contribution in [0.5, 0.6) is 0 Å². The van der Waals surface area contributed by atoms with Gasteiger partial charge in [0.25, 0.3) is 0 Å². The molecule has 0 aliphatic heterocycles. The Labute approximate surface area is 85.7 Å². The van der Waals surface area contributed by atoms with E-state index in [1.807, 2.05) is 0 Å². The minimum atomic E-state index is -0.210. The fourth-order valence-electron chi connectivity index (χ4n) is 3.15. The lowest BCUT2D eigenvalue weighted by Gasteiger charge is -2.40. The molecule has 2 aliphatic carbocycles. The molecule has 0 aromatic carbocycles. The highest BCUT2D eigenvalue weighted by molar-refractivity contribution is 5.79. The van der Waals surface area contributed by atoms with Crippen LogP contribution in [0.1, 0.15) is 57.8 Å². The maximum Gasteiger partial charge on any atom is 0.133 e. The van der Waals surface area contributed by atoms with E-state index >= 15 is 0 Å². The minimum absolute atomic E-state index is 0.0220. The van der Waals surface area contributed by atoms with E-state index in [-0.39, 0.29) is 11.5 Å². The highest BCUT2D eigenvalue weighted by Crippen LogP contribution is 2.45. The summed E-state index contributed by atoms with van der Waals surface area (Å²) in [6, 6.07) is 0. The molecule has 0 saturated heterocycles. The standard InChI is InChI=1S/C12H20O2/c13-10-5-1-3-7-12(9-10)8-4-2-6-11(12)14/h11,14H,1-9H2/t11-,12+/m1/s1. The van der Waals surface area contributed by atoms with E-state index in [4.69, 9.17) is 0 Å². The Morgan fingerprint density at radius 1 is 1.14 bits per heavy atom. The molecule has 1 N–H and O–H groups in total. The van der Waals surface area contributed by atoms with E-state index in [0.717, 1.165) is 44.9 Å². The summed E-state index contributed by atoms with van der Waals surface area (Å²) in [5, 5.41) is 10.1. The van der Waals surface area contributed by atoms with Gasteiger partial charge < -0.3 is 5.11 Å². The van der Waals surface area contributed by atoms with E-state index in [0.29, 0.717) is 12.2 Å². The van der Waals surface area contributed by atoms with Crippen molar-refractivity contribution >= 4 is 5.78 Å². The van der Waals surface area contributed by atoms with Gasteiger partial charge in [0.1, 0.15) is 5.78 Å². The zero-order valence-electron chi connectivity index (χ0n) is 8.80. The first-order valence-corrected chi connectivity index (χ1v) is 5.93. The summed E-state index contributed by atoms with van der Waals surface area (Å²) in [6.07, 6.45) is 8.73. The zero-order chi connectivity index (χ0) is 10.0. The van der Waals surface area contributed by atoms with Crippen molar-refractivity contribution in [2.24, 2.45) is 5.41 Å². The SMILES string of the molecule is O=C1CCCC[C@]2(CCCC[C@H]2O)C1. The Kier molecular flexibility index (Phi) is 2.91. The van der Waals surface area contributed by atoms with Crippen LogP contribution in [0, 0.1) is 5.41 Å². The summed E-state index contributed by atoms with van der Waals surface area (Å²) >= 11 is 0. The molecule has 0 aromatic heterocycles. The van der Waals surface area contributed by atoms with Crippen LogP contribution in [-0.2, 0) is 4.79 Å². The van der Waals surface area contributed by atoms with Crippen molar-refractivity contribution in [3.8, 4) is 0 Å². The van der Waals surface area contributed by atoms with Gasteiger partial charge in [-0.25, -0.2) is 0 Å². The largest absolute Gasteiger partial charge is 0.393 e. The van der Waals surface area contributed by atoms with Crippen molar-refractivity contribution in [2.75, 3.05) is 0 Å². The summed E-state index contributed by atoms with van der Waals surface area (Å²) in [7, 11) is 0. The van der Waals surface area contributed by atoms with Gasteiger partial charge in [-0.05, 0) is 25.7 Å². The second-order valence-corrected chi connectivity index (χ2v) is 5.05. The second-order valence-electron chi connectivity index (χ2n) is 5.05. The predicted molar refractivity (Wildman–Crippen MR) is 55.0 cm³/mol. The van der Waals surface area contributed by atoms with Crippen molar-refractivity contribution in [2.45, 2.75) is 63.9 Å². The number of Topliss-reactive ketones (excluding diaryl/α,β-unsaturated/α-hetero) is 1. The van der Waals surface area contributed by atoms with Gasteiger partial charge in [0.2, 0.25) is 0 Å². The summed E-state index contributed by atoms with van der Waals surface area (Å²) in [5.41, 5.74) is -0.0220. The first kappa shape index (κ1) is 10.2. The van der Waals surface area contributed by atoms with Crippen molar-refractivity contribution < 1.29 is 9.90 Å². The average Bonchev–Trinajstić information content (AvgIpc) is 2.34. The quantitative estimate of drug-likeness (QED) is 0.646. The van der Waals surface area contributed by atoms with E-state index in [2.05, 4.69) is 0 Å². The molecule has 2 aliphatic rings. The average molecular weight is 196 g/mol. The molecule has 2 heteroatoms. The monoisotopic (exact) mass is 196 g/mol. The fourth-order valence-corrected chi connectivity index (χ4v) is 3.15. The van der Waals surface area contributed by atoms with Crippen LogP contribution in [0.15, 0.2) is 0 Å². The number of carbonyl (C=O) groups is 1. The van der Waals surface area contributed by atoms with Crippen LogP contribution in [0.2, 0.25) is 0 Å². The number of aliphatic hydroxyl groups excluding tert-OH is 1. The summed E-state index contributed by atoms with van der Waals surface area (Å²) in [6.45, 7) is 0. The molecule has 2 saturated carbocycles. The van der Waals surface area contributed by atoms with Gasteiger partial charge in [0.15, 0.2) is 0 Å². The number of hydrogen-bond donors (Lipinski definition) is 1. The van der Waals surface area contributed by atoms with Gasteiger partial charge in [-0.15, -0.1) is 0 Å². The van der Waals surface area contributed by atoms with Crippen molar-refractivity contribution in [1.29, 1.82) is 0 Å². The minimum Gasteiger partial charge on any atom is -0.393 e. The van der Waals surface area contributed by atoms with Crippen molar-refractivity contribution in [3.63, 3.8) is 0 Å². The molecule has 0 aromatic rings. The maximum atomic E-state index is 11.6. The van der Waals surface area contributed by atoms with E-state index in [9.17, 15) is 9.90 Å². The van der Waals surface area contributed by atoms with Gasteiger partial charge in [0, 0.05) is 18.3 Å². The Bertz CT molecular complexity index is 224. The molecule has 0 amide bonds. The Morgan fingerprint density at radius 2 is 1.86 bits per heavy atom. The molecule has 0 bridgehead atoms. The summed E-state index contributed by atoms with van der Waals surface area (Å²) < 4.78 is 0. The molecule has 2 fully saturated rings. The van der Waals surface area contributed by atoms with Crippen LogP contribution in [0.3, 0.4) is 0 Å². The topological polar surface area (TPSA) is 37.3 Å². The first-order valence-electron chi connectivity index (χ1n) is 5.93. The molecule has 14 heavy (non-hydrogen) atoms. The van der Waals surface area contributed by atoms with Crippen LogP contribution in [-0.4, -0.2) is 17.0 Å². The molecule has 0 radical (unpaired) electrons. The van der Waals surface area contributed by atoms with E-state index in [1.165, 1.54) is 6.42 Å². The third-order valence-electron chi connectivity index (χ3n) is 4.04. The number of carbonyl (C=O) groups excluding carboxylic acids is 1. The van der Waals surface area contributed by atoms with Crippen LogP contribution in [0.25, 0.3) is 0 Å². The predicted octanol–water partition coefficient (Wildman–Crippen LogP) is 2.44. The molecule has 0 heterocycles. The van der Waals surface area contributed by atoms with E-state index in [1.54, 1.807) is 0 Å². The summed E-state index contributed by atoms with van der Waals surface area (Å²) in [5.74, 6) is 0.378. The maximum absolute atomic E-state index is 11.6. The fraction of sp³-hybridized carbons (Fsp3) is 0.917. The van der Waals surface area contributed by atoms with Gasteiger partial charge in [0.05, 0.1) is 6.10 Å². The van der Waals surface area contributed by atoms with Gasteiger partial charge in [-0.3, -0.25) is 4.79 Å². The number of aliphatic hydroxyl groups is 1. The normalized spacial score (nSPS) is 39.8. The van der Waals surface area contributed by atoms with Crippen LogP contribution in [0.4, 0.5) is 0 Å². The molecule has 0 unspecified atom stereocenters. The number of ketones is 1. The van der Waals surface area contributed by atoms with Crippen molar-refractivity contribution in [1.82, 2.24) is 0 Å². The van der Waals surface area contributed by atoms with E-state index < -0.39 is 0 Å². The zero-order valence-corrected chi connectivity index (χ0v) is 8.80. The number of rotatable bonds is 0. The third kappa shape index (κ3) is 1.85. The van der Waals surface area contributed by atoms with Crippen LogP contribution < -0.4 is 0 Å². The smallest absolute Gasteiger partial charge is 0.133 e. The molecular formula is C12H20O2. The lowest BCUT2D eigenvalue weighted by molar-refractivity contribution is -0.124. The molecular weight excluding hydrogens is 176 g/mol. The third-order valence-corrected chi connectivity index (χ3v) is 4.04. The molecule has 2 atom stereocenters. The Morgan fingerprint density at radius 3 is 2.64 bits per heavy atom. The number of hydrogen-bond acceptors (Lipinski definition) is 2. The molecule has 80 valence electrons. The van der Waals surface area contributed by atoms with Crippen molar-refractivity contribution in [3.05, 3.63) is 0 Å². The van der Waals surface area contributed by atoms with Gasteiger partial charge >= 0.3 is 0 Å². The van der Waals surface area contributed by atoms with Gasteiger partial charge in [-0.1, -0.05) is 19.3 Å².